The standard InChI is InChI=1S/C16H27N3O4/c1-18(2)16(23)19-9-7-11(8-10-19)14(20)17-13-5-3-12(4-6-13)15(21)22/h11-13H,3-10H2,1-2H3,(H,17,20)(H,21,22). The van der Waals surface area contributed by atoms with Crippen LogP contribution in [-0.2, 0) is 9.59 Å². The van der Waals surface area contributed by atoms with Crippen molar-refractivity contribution in [1.29, 1.82) is 0 Å². The average Bonchev–Trinajstić information content (AvgIpc) is 2.54. The molecule has 1 heterocycles. The molecule has 0 aromatic rings. The van der Waals surface area contributed by atoms with Crippen molar-refractivity contribution in [3.05, 3.63) is 0 Å². The van der Waals surface area contributed by atoms with Gasteiger partial charge in [0.25, 0.3) is 0 Å². The van der Waals surface area contributed by atoms with Crippen molar-refractivity contribution in [2.24, 2.45) is 11.8 Å². The van der Waals surface area contributed by atoms with Gasteiger partial charge >= 0.3 is 12.0 Å². The highest BCUT2D eigenvalue weighted by atomic mass is 16.4. The highest BCUT2D eigenvalue weighted by Crippen LogP contribution is 2.25. The van der Waals surface area contributed by atoms with Crippen LogP contribution in [0.15, 0.2) is 0 Å². The molecular weight excluding hydrogens is 298 g/mol. The number of likely N-dealkylation sites (tertiary alicyclic amines) is 1. The molecule has 7 heteroatoms. The van der Waals surface area contributed by atoms with E-state index in [1.807, 2.05) is 0 Å². The molecule has 1 aliphatic carbocycles. The molecule has 130 valence electrons. The van der Waals surface area contributed by atoms with Gasteiger partial charge in [0.2, 0.25) is 5.91 Å². The van der Waals surface area contributed by atoms with Crippen molar-refractivity contribution >= 4 is 17.9 Å². The van der Waals surface area contributed by atoms with Crippen LogP contribution in [0.2, 0.25) is 0 Å². The summed E-state index contributed by atoms with van der Waals surface area (Å²) in [5, 5.41) is 12.1. The number of carbonyl (C=O) groups excluding carboxylic acids is 2. The van der Waals surface area contributed by atoms with E-state index in [4.69, 9.17) is 5.11 Å². The van der Waals surface area contributed by atoms with E-state index in [1.54, 1.807) is 23.9 Å². The van der Waals surface area contributed by atoms with Crippen molar-refractivity contribution < 1.29 is 19.5 Å². The van der Waals surface area contributed by atoms with E-state index < -0.39 is 5.97 Å². The second-order valence-corrected chi connectivity index (χ2v) is 6.83. The van der Waals surface area contributed by atoms with Crippen LogP contribution in [0, 0.1) is 11.8 Å². The summed E-state index contributed by atoms with van der Waals surface area (Å²) in [5.74, 6) is -0.977. The van der Waals surface area contributed by atoms with Crippen molar-refractivity contribution in [3.63, 3.8) is 0 Å². The predicted octanol–water partition coefficient (Wildman–Crippen LogP) is 1.14. The largest absolute Gasteiger partial charge is 0.481 e. The van der Waals surface area contributed by atoms with Crippen LogP contribution in [-0.4, -0.2) is 66.0 Å². The quantitative estimate of drug-likeness (QED) is 0.814. The summed E-state index contributed by atoms with van der Waals surface area (Å²) in [6.07, 6.45) is 4.12. The lowest BCUT2D eigenvalue weighted by Gasteiger charge is -2.34. The number of urea groups is 1. The van der Waals surface area contributed by atoms with Gasteiger partial charge in [0.05, 0.1) is 5.92 Å². The average molecular weight is 325 g/mol. The number of carbonyl (C=O) groups is 3. The van der Waals surface area contributed by atoms with Gasteiger partial charge < -0.3 is 20.2 Å². The number of hydrogen-bond acceptors (Lipinski definition) is 3. The van der Waals surface area contributed by atoms with Crippen LogP contribution in [0.4, 0.5) is 4.79 Å². The molecule has 0 atom stereocenters. The molecule has 2 rings (SSSR count). The normalized spacial score (nSPS) is 25.7. The molecule has 0 aromatic heterocycles. The van der Waals surface area contributed by atoms with Crippen LogP contribution in [0.5, 0.6) is 0 Å². The number of carboxylic acid groups (broad SMARTS) is 1. The van der Waals surface area contributed by atoms with Crippen LogP contribution in [0.3, 0.4) is 0 Å². The van der Waals surface area contributed by atoms with Gasteiger partial charge in [-0.3, -0.25) is 9.59 Å². The Kier molecular flexibility index (Phi) is 5.85. The number of rotatable bonds is 3. The molecule has 0 unspecified atom stereocenters. The molecule has 0 aromatic carbocycles. The molecule has 0 bridgehead atoms. The highest BCUT2D eigenvalue weighted by Gasteiger charge is 2.31. The van der Waals surface area contributed by atoms with Crippen LogP contribution in [0.1, 0.15) is 38.5 Å². The van der Waals surface area contributed by atoms with Crippen LogP contribution >= 0.6 is 0 Å². The van der Waals surface area contributed by atoms with Gasteiger partial charge in [0.1, 0.15) is 0 Å². The first kappa shape index (κ1) is 17.6. The maximum absolute atomic E-state index is 12.4. The molecule has 1 aliphatic heterocycles. The lowest BCUT2D eigenvalue weighted by Crippen LogP contribution is -2.48. The molecule has 2 N–H and O–H groups in total. The number of nitrogens with one attached hydrogen (secondary N) is 1. The zero-order chi connectivity index (χ0) is 17.0. The fourth-order valence-electron chi connectivity index (χ4n) is 3.42. The van der Waals surface area contributed by atoms with Crippen molar-refractivity contribution in [1.82, 2.24) is 15.1 Å². The second-order valence-electron chi connectivity index (χ2n) is 6.83. The van der Waals surface area contributed by atoms with Crippen molar-refractivity contribution in [3.8, 4) is 0 Å². The Balaban J connectivity index is 1.73. The number of hydrogen-bond donors (Lipinski definition) is 2. The van der Waals surface area contributed by atoms with E-state index in [0.717, 1.165) is 12.8 Å². The Morgan fingerprint density at radius 1 is 0.957 bits per heavy atom. The number of amides is 3. The first-order chi connectivity index (χ1) is 10.9. The molecular formula is C16H27N3O4. The fourth-order valence-corrected chi connectivity index (χ4v) is 3.42. The van der Waals surface area contributed by atoms with Crippen LogP contribution in [0.25, 0.3) is 0 Å². The third-order valence-corrected chi connectivity index (χ3v) is 4.94. The number of nitrogens with zero attached hydrogens (tertiary/aromatic N) is 2. The summed E-state index contributed by atoms with van der Waals surface area (Å²) in [6.45, 7) is 1.22. The lowest BCUT2D eigenvalue weighted by molar-refractivity contribution is -0.142. The molecule has 1 saturated heterocycles. The summed E-state index contributed by atoms with van der Waals surface area (Å²) in [4.78, 5) is 38.5. The highest BCUT2D eigenvalue weighted by molar-refractivity contribution is 5.80. The molecule has 7 nitrogen and oxygen atoms in total. The van der Waals surface area contributed by atoms with Gasteiger partial charge in [-0.25, -0.2) is 4.79 Å². The minimum atomic E-state index is -0.729. The van der Waals surface area contributed by atoms with E-state index in [2.05, 4.69) is 5.32 Å². The van der Waals surface area contributed by atoms with Gasteiger partial charge in [-0.1, -0.05) is 0 Å². The first-order valence-corrected chi connectivity index (χ1v) is 8.38. The molecule has 1 saturated carbocycles. The summed E-state index contributed by atoms with van der Waals surface area (Å²) >= 11 is 0. The summed E-state index contributed by atoms with van der Waals surface area (Å²) in [7, 11) is 3.46. The summed E-state index contributed by atoms with van der Waals surface area (Å²) in [6, 6.07) is 0.0930. The molecule has 0 spiro atoms. The summed E-state index contributed by atoms with van der Waals surface area (Å²) < 4.78 is 0. The van der Waals surface area contributed by atoms with Gasteiger partial charge in [-0.2, -0.15) is 0 Å². The Hall–Kier alpha value is -1.79. The molecule has 2 fully saturated rings. The Morgan fingerprint density at radius 2 is 1.52 bits per heavy atom. The smallest absolute Gasteiger partial charge is 0.319 e. The third-order valence-electron chi connectivity index (χ3n) is 4.94. The van der Waals surface area contributed by atoms with E-state index in [0.29, 0.717) is 38.8 Å². The lowest BCUT2D eigenvalue weighted by atomic mass is 9.85. The third kappa shape index (κ3) is 4.59. The van der Waals surface area contributed by atoms with Crippen LogP contribution < -0.4 is 5.32 Å². The second kappa shape index (κ2) is 7.66. The zero-order valence-corrected chi connectivity index (χ0v) is 14.0. The van der Waals surface area contributed by atoms with Gasteiger partial charge in [-0.15, -0.1) is 0 Å². The minimum Gasteiger partial charge on any atom is -0.481 e. The van der Waals surface area contributed by atoms with E-state index in [-0.39, 0.29) is 29.8 Å². The van der Waals surface area contributed by atoms with Crippen molar-refractivity contribution in [2.75, 3.05) is 27.2 Å². The number of carboxylic acids is 1. The van der Waals surface area contributed by atoms with E-state index in [9.17, 15) is 14.4 Å². The van der Waals surface area contributed by atoms with E-state index in [1.165, 1.54) is 0 Å². The predicted molar refractivity (Wildman–Crippen MR) is 84.9 cm³/mol. The molecule has 23 heavy (non-hydrogen) atoms. The fraction of sp³-hybridized carbons (Fsp3) is 0.812. The maximum atomic E-state index is 12.4. The zero-order valence-electron chi connectivity index (χ0n) is 14.0. The molecule has 3 amide bonds. The summed E-state index contributed by atoms with van der Waals surface area (Å²) in [5.41, 5.74) is 0. The topological polar surface area (TPSA) is 90.0 Å². The maximum Gasteiger partial charge on any atom is 0.319 e. The minimum absolute atomic E-state index is 0.00384. The monoisotopic (exact) mass is 325 g/mol. The Bertz CT molecular complexity index is 450. The van der Waals surface area contributed by atoms with Gasteiger partial charge in [-0.05, 0) is 38.5 Å². The van der Waals surface area contributed by atoms with Crippen molar-refractivity contribution in [2.45, 2.75) is 44.6 Å². The Morgan fingerprint density at radius 3 is 2.00 bits per heavy atom. The van der Waals surface area contributed by atoms with Gasteiger partial charge in [0, 0.05) is 39.1 Å². The van der Waals surface area contributed by atoms with E-state index >= 15 is 0 Å². The number of piperidine rings is 1. The molecule has 0 radical (unpaired) electrons. The number of aliphatic carboxylic acids is 1. The first-order valence-electron chi connectivity index (χ1n) is 8.38. The van der Waals surface area contributed by atoms with Gasteiger partial charge in [0.15, 0.2) is 0 Å². The Labute approximate surface area is 137 Å². The molecule has 2 aliphatic rings. The SMILES string of the molecule is CN(C)C(=O)N1CCC(C(=O)NC2CCC(C(=O)O)CC2)CC1.